The van der Waals surface area contributed by atoms with Crippen LogP contribution in [-0.4, -0.2) is 31.0 Å². The Labute approximate surface area is 93.3 Å². The Morgan fingerprint density at radius 3 is 3.06 bits per heavy atom. The van der Waals surface area contributed by atoms with Gasteiger partial charge in [0.15, 0.2) is 0 Å². The fourth-order valence-corrected chi connectivity index (χ4v) is 1.01. The summed E-state index contributed by atoms with van der Waals surface area (Å²) in [5, 5.41) is 12.0. The van der Waals surface area contributed by atoms with Crippen LogP contribution >= 0.6 is 0 Å². The zero-order valence-electron chi connectivity index (χ0n) is 8.92. The maximum absolute atomic E-state index is 10.2. The Balaban J connectivity index is 2.40. The van der Waals surface area contributed by atoms with E-state index in [1.54, 1.807) is 13.2 Å². The van der Waals surface area contributed by atoms with Gasteiger partial charge in [0.05, 0.1) is 19.7 Å². The molecular formula is C11H13NO4. The topological polar surface area (TPSA) is 68.1 Å². The fourth-order valence-electron chi connectivity index (χ4n) is 1.01. The van der Waals surface area contributed by atoms with Crippen molar-refractivity contribution >= 4 is 12.2 Å². The minimum atomic E-state index is -0.906. The lowest BCUT2D eigenvalue weighted by atomic mass is 10.2. The van der Waals surface area contributed by atoms with Gasteiger partial charge in [-0.05, 0) is 17.7 Å². The minimum absolute atomic E-state index is 0.0601. The van der Waals surface area contributed by atoms with Crippen molar-refractivity contribution < 1.29 is 19.5 Å². The van der Waals surface area contributed by atoms with Crippen molar-refractivity contribution in [2.45, 2.75) is 6.42 Å². The maximum Gasteiger partial charge on any atom is 0.306 e. The Morgan fingerprint density at radius 1 is 1.56 bits per heavy atom. The molecule has 0 aromatic heterocycles. The highest BCUT2D eigenvalue weighted by Gasteiger charge is 1.95. The van der Waals surface area contributed by atoms with Gasteiger partial charge >= 0.3 is 5.97 Å². The van der Waals surface area contributed by atoms with Gasteiger partial charge in [-0.1, -0.05) is 17.3 Å². The lowest BCUT2D eigenvalue weighted by Gasteiger charge is -1.99. The van der Waals surface area contributed by atoms with E-state index in [2.05, 4.69) is 5.16 Å². The molecular weight excluding hydrogens is 210 g/mol. The zero-order chi connectivity index (χ0) is 11.8. The van der Waals surface area contributed by atoms with E-state index in [1.165, 1.54) is 6.21 Å². The first kappa shape index (κ1) is 12.0. The number of benzene rings is 1. The number of rotatable bonds is 6. The van der Waals surface area contributed by atoms with Crippen molar-refractivity contribution in [3.05, 3.63) is 29.8 Å². The van der Waals surface area contributed by atoms with Crippen molar-refractivity contribution in [1.82, 2.24) is 0 Å². The van der Waals surface area contributed by atoms with Crippen LogP contribution in [0.15, 0.2) is 29.4 Å². The van der Waals surface area contributed by atoms with Crippen LogP contribution in [0.5, 0.6) is 5.75 Å². The average molecular weight is 223 g/mol. The average Bonchev–Trinajstić information content (AvgIpc) is 2.28. The van der Waals surface area contributed by atoms with Gasteiger partial charge < -0.3 is 14.7 Å². The van der Waals surface area contributed by atoms with Crippen LogP contribution < -0.4 is 4.74 Å². The van der Waals surface area contributed by atoms with E-state index in [9.17, 15) is 4.79 Å². The molecule has 0 aliphatic heterocycles. The van der Waals surface area contributed by atoms with Crippen LogP contribution in [0.3, 0.4) is 0 Å². The van der Waals surface area contributed by atoms with E-state index >= 15 is 0 Å². The molecule has 0 amide bonds. The van der Waals surface area contributed by atoms with Crippen molar-refractivity contribution in [2.24, 2.45) is 5.16 Å². The van der Waals surface area contributed by atoms with E-state index < -0.39 is 5.97 Å². The number of hydrogen-bond acceptors (Lipinski definition) is 4. The maximum atomic E-state index is 10.2. The van der Waals surface area contributed by atoms with E-state index in [4.69, 9.17) is 14.7 Å². The van der Waals surface area contributed by atoms with E-state index in [0.29, 0.717) is 0 Å². The van der Waals surface area contributed by atoms with Crippen LogP contribution in [0.1, 0.15) is 12.0 Å². The van der Waals surface area contributed by atoms with E-state index in [1.807, 2.05) is 18.2 Å². The number of carboxylic acid groups (broad SMARTS) is 1. The molecule has 0 aliphatic rings. The van der Waals surface area contributed by atoms with Crippen molar-refractivity contribution in [2.75, 3.05) is 13.7 Å². The summed E-state index contributed by atoms with van der Waals surface area (Å²) in [6.45, 7) is 0.0653. The molecule has 0 heterocycles. The molecule has 0 saturated heterocycles. The first-order valence-electron chi connectivity index (χ1n) is 4.73. The second-order valence-corrected chi connectivity index (χ2v) is 2.99. The third-order valence-corrected chi connectivity index (χ3v) is 1.78. The zero-order valence-corrected chi connectivity index (χ0v) is 8.92. The first-order chi connectivity index (χ1) is 7.72. The lowest BCUT2D eigenvalue weighted by molar-refractivity contribution is -0.138. The summed E-state index contributed by atoms with van der Waals surface area (Å²) >= 11 is 0. The van der Waals surface area contributed by atoms with Gasteiger partial charge in [-0.25, -0.2) is 0 Å². The van der Waals surface area contributed by atoms with Gasteiger partial charge in [0.2, 0.25) is 0 Å². The molecule has 0 atom stereocenters. The molecule has 5 heteroatoms. The normalized spacial score (nSPS) is 10.3. The van der Waals surface area contributed by atoms with Crippen LogP contribution in [0, 0.1) is 0 Å². The number of aliphatic carboxylic acids is 1. The van der Waals surface area contributed by atoms with E-state index in [-0.39, 0.29) is 13.0 Å². The molecule has 0 aliphatic carbocycles. The summed E-state index contributed by atoms with van der Waals surface area (Å²) in [6.07, 6.45) is 1.44. The molecule has 1 aromatic carbocycles. The summed E-state index contributed by atoms with van der Waals surface area (Å²) in [5.41, 5.74) is 0.828. The second-order valence-electron chi connectivity index (χ2n) is 2.99. The number of ether oxygens (including phenoxy) is 1. The Kier molecular flexibility index (Phi) is 4.85. The lowest BCUT2D eigenvalue weighted by Crippen LogP contribution is -1.99. The Hall–Kier alpha value is -2.04. The molecule has 1 N–H and O–H groups in total. The number of oxime groups is 1. The number of methoxy groups -OCH3 is 1. The minimum Gasteiger partial charge on any atom is -0.497 e. The molecule has 5 nitrogen and oxygen atoms in total. The Morgan fingerprint density at radius 2 is 2.38 bits per heavy atom. The van der Waals surface area contributed by atoms with Crippen molar-refractivity contribution in [3.63, 3.8) is 0 Å². The highest BCUT2D eigenvalue weighted by molar-refractivity contribution is 5.79. The number of nitrogens with zero attached hydrogens (tertiary/aromatic N) is 1. The van der Waals surface area contributed by atoms with Gasteiger partial charge in [-0.15, -0.1) is 0 Å². The number of carboxylic acids is 1. The highest BCUT2D eigenvalue weighted by atomic mass is 16.6. The fraction of sp³-hybridized carbons (Fsp3) is 0.273. The van der Waals surface area contributed by atoms with Crippen LogP contribution in [0.4, 0.5) is 0 Å². The van der Waals surface area contributed by atoms with Crippen LogP contribution in [0.25, 0.3) is 0 Å². The van der Waals surface area contributed by atoms with Crippen molar-refractivity contribution in [1.29, 1.82) is 0 Å². The Bertz CT molecular complexity index is 376. The third kappa shape index (κ3) is 4.45. The summed E-state index contributed by atoms with van der Waals surface area (Å²) in [6, 6.07) is 7.29. The molecule has 16 heavy (non-hydrogen) atoms. The molecule has 86 valence electrons. The standard InChI is InChI=1S/C11H13NO4/c1-15-10-4-2-3-9(7-10)8-12-16-6-5-11(13)14/h2-4,7-8H,5-6H2,1H3,(H,13,14)/b12-8+. The molecule has 1 rings (SSSR count). The van der Waals surface area contributed by atoms with Gasteiger partial charge in [-0.2, -0.15) is 0 Å². The molecule has 0 bridgehead atoms. The van der Waals surface area contributed by atoms with E-state index in [0.717, 1.165) is 11.3 Å². The quantitative estimate of drug-likeness (QED) is 0.451. The van der Waals surface area contributed by atoms with Gasteiger partial charge in [0, 0.05) is 0 Å². The highest BCUT2D eigenvalue weighted by Crippen LogP contribution is 2.10. The third-order valence-electron chi connectivity index (χ3n) is 1.78. The van der Waals surface area contributed by atoms with Crippen LogP contribution in [0.2, 0.25) is 0 Å². The molecule has 0 unspecified atom stereocenters. The van der Waals surface area contributed by atoms with Crippen LogP contribution in [-0.2, 0) is 9.63 Å². The van der Waals surface area contributed by atoms with Gasteiger partial charge in [0.25, 0.3) is 0 Å². The summed E-state index contributed by atoms with van der Waals surface area (Å²) < 4.78 is 5.03. The first-order valence-corrected chi connectivity index (χ1v) is 4.73. The monoisotopic (exact) mass is 223 g/mol. The second kappa shape index (κ2) is 6.44. The SMILES string of the molecule is COc1cccc(/C=N/OCCC(=O)O)c1. The van der Waals surface area contributed by atoms with Gasteiger partial charge in [0.1, 0.15) is 12.4 Å². The van der Waals surface area contributed by atoms with Crippen molar-refractivity contribution in [3.8, 4) is 5.75 Å². The molecule has 0 fully saturated rings. The molecule has 1 aromatic rings. The summed E-state index contributed by atoms with van der Waals surface area (Å²) in [4.78, 5) is 14.9. The predicted molar refractivity (Wildman–Crippen MR) is 58.8 cm³/mol. The summed E-state index contributed by atoms with van der Waals surface area (Å²) in [5.74, 6) is -0.175. The molecule has 0 radical (unpaired) electrons. The van der Waals surface area contributed by atoms with Gasteiger partial charge in [-0.3, -0.25) is 4.79 Å². The number of carbonyl (C=O) groups is 1. The predicted octanol–water partition coefficient (Wildman–Crippen LogP) is 1.52. The smallest absolute Gasteiger partial charge is 0.306 e. The largest absolute Gasteiger partial charge is 0.497 e. The molecule has 0 spiro atoms. The molecule has 0 saturated carbocycles. The summed E-state index contributed by atoms with van der Waals surface area (Å²) in [7, 11) is 1.58. The number of hydrogen-bond donors (Lipinski definition) is 1.